The molecule has 132 valence electrons. The molecule has 6 heteroatoms. The quantitative estimate of drug-likeness (QED) is 0.805. The Labute approximate surface area is 150 Å². The number of carbonyl (C=O) groups is 2. The molecule has 1 aromatic heterocycles. The summed E-state index contributed by atoms with van der Waals surface area (Å²) in [4.78, 5) is 26.1. The molecular weight excluding hydrogens is 339 g/mol. The molecule has 2 aromatic rings. The van der Waals surface area contributed by atoms with Crippen molar-refractivity contribution in [2.24, 2.45) is 5.92 Å². The molecule has 0 saturated carbocycles. The van der Waals surface area contributed by atoms with Crippen LogP contribution in [0.1, 0.15) is 28.6 Å². The SMILES string of the molecule is CC(=O)c1cc(CC(=O)NCC2CCN(c3ccccc3F)C2)cs1. The lowest BCUT2D eigenvalue weighted by molar-refractivity contribution is -0.120. The Bertz CT molecular complexity index is 774. The van der Waals surface area contributed by atoms with Crippen molar-refractivity contribution in [3.63, 3.8) is 0 Å². The van der Waals surface area contributed by atoms with Crippen LogP contribution < -0.4 is 10.2 Å². The number of nitrogens with zero attached hydrogens (tertiary/aromatic N) is 1. The fourth-order valence-electron chi connectivity index (χ4n) is 3.09. The summed E-state index contributed by atoms with van der Waals surface area (Å²) in [6, 6.07) is 8.57. The van der Waals surface area contributed by atoms with E-state index >= 15 is 0 Å². The first-order chi connectivity index (χ1) is 12.0. The van der Waals surface area contributed by atoms with E-state index in [2.05, 4.69) is 5.32 Å². The minimum absolute atomic E-state index is 0.0239. The lowest BCUT2D eigenvalue weighted by Crippen LogP contribution is -2.32. The number of hydrogen-bond acceptors (Lipinski definition) is 4. The molecule has 4 nitrogen and oxygen atoms in total. The summed E-state index contributed by atoms with van der Waals surface area (Å²) in [5.74, 6) is 0.0952. The molecule has 25 heavy (non-hydrogen) atoms. The highest BCUT2D eigenvalue weighted by Gasteiger charge is 2.24. The monoisotopic (exact) mass is 360 g/mol. The van der Waals surface area contributed by atoms with E-state index in [-0.39, 0.29) is 23.9 Å². The van der Waals surface area contributed by atoms with Crippen LogP contribution in [0.5, 0.6) is 0 Å². The molecule has 0 bridgehead atoms. The van der Waals surface area contributed by atoms with Crippen LogP contribution >= 0.6 is 11.3 Å². The van der Waals surface area contributed by atoms with Gasteiger partial charge in [-0.3, -0.25) is 9.59 Å². The molecule has 0 aliphatic carbocycles. The molecule has 3 rings (SSSR count). The number of carbonyl (C=O) groups excluding carboxylic acids is 2. The van der Waals surface area contributed by atoms with Crippen molar-refractivity contribution in [1.29, 1.82) is 0 Å². The molecule has 1 aliphatic heterocycles. The zero-order valence-corrected chi connectivity index (χ0v) is 14.9. The average Bonchev–Trinajstić information content (AvgIpc) is 3.23. The zero-order chi connectivity index (χ0) is 17.8. The second-order valence-electron chi connectivity index (χ2n) is 6.41. The number of amides is 1. The van der Waals surface area contributed by atoms with Gasteiger partial charge in [-0.05, 0) is 48.4 Å². The summed E-state index contributed by atoms with van der Waals surface area (Å²) < 4.78 is 13.8. The number of nitrogens with one attached hydrogen (secondary N) is 1. The summed E-state index contributed by atoms with van der Waals surface area (Å²) in [6.45, 7) is 3.66. The number of anilines is 1. The van der Waals surface area contributed by atoms with Crippen LogP contribution in [0.2, 0.25) is 0 Å². The van der Waals surface area contributed by atoms with Crippen LogP contribution in [-0.2, 0) is 11.2 Å². The molecule has 1 aromatic carbocycles. The predicted octanol–water partition coefficient (Wildman–Crippen LogP) is 3.28. The van der Waals surface area contributed by atoms with E-state index < -0.39 is 0 Å². The molecule has 0 radical (unpaired) electrons. The highest BCUT2D eigenvalue weighted by Crippen LogP contribution is 2.25. The molecule has 1 unspecified atom stereocenters. The van der Waals surface area contributed by atoms with E-state index in [1.54, 1.807) is 18.2 Å². The minimum atomic E-state index is -0.203. The summed E-state index contributed by atoms with van der Waals surface area (Å²) in [7, 11) is 0. The van der Waals surface area contributed by atoms with Crippen LogP contribution in [0, 0.1) is 11.7 Å². The van der Waals surface area contributed by atoms with Crippen molar-refractivity contribution >= 4 is 28.7 Å². The molecule has 1 aliphatic rings. The molecule has 1 atom stereocenters. The third-order valence-corrected chi connectivity index (χ3v) is 5.51. The zero-order valence-electron chi connectivity index (χ0n) is 14.1. The average molecular weight is 360 g/mol. The van der Waals surface area contributed by atoms with E-state index in [1.807, 2.05) is 16.3 Å². The van der Waals surface area contributed by atoms with Crippen LogP contribution in [0.25, 0.3) is 0 Å². The van der Waals surface area contributed by atoms with Gasteiger partial charge in [-0.25, -0.2) is 4.39 Å². The van der Waals surface area contributed by atoms with Gasteiger partial charge in [0, 0.05) is 19.6 Å². The Hall–Kier alpha value is -2.21. The number of hydrogen-bond donors (Lipinski definition) is 1. The maximum Gasteiger partial charge on any atom is 0.224 e. The molecule has 1 saturated heterocycles. The van der Waals surface area contributed by atoms with Gasteiger partial charge in [-0.1, -0.05) is 12.1 Å². The highest BCUT2D eigenvalue weighted by molar-refractivity contribution is 7.12. The van der Waals surface area contributed by atoms with Gasteiger partial charge in [-0.2, -0.15) is 0 Å². The normalized spacial score (nSPS) is 16.9. The van der Waals surface area contributed by atoms with E-state index in [0.717, 1.165) is 25.1 Å². The van der Waals surface area contributed by atoms with Gasteiger partial charge in [-0.15, -0.1) is 11.3 Å². The molecule has 1 fully saturated rings. The summed E-state index contributed by atoms with van der Waals surface area (Å²) in [5, 5.41) is 4.81. The van der Waals surface area contributed by atoms with E-state index in [4.69, 9.17) is 0 Å². The summed E-state index contributed by atoms with van der Waals surface area (Å²) in [6.07, 6.45) is 1.22. The van der Waals surface area contributed by atoms with Gasteiger partial charge in [0.15, 0.2) is 5.78 Å². The van der Waals surface area contributed by atoms with Crippen LogP contribution in [0.3, 0.4) is 0 Å². The third kappa shape index (κ3) is 4.45. The topological polar surface area (TPSA) is 49.4 Å². The second-order valence-corrected chi connectivity index (χ2v) is 7.32. The highest BCUT2D eigenvalue weighted by atomic mass is 32.1. The largest absolute Gasteiger partial charge is 0.369 e. The molecule has 1 N–H and O–H groups in total. The molecule has 2 heterocycles. The summed E-state index contributed by atoms with van der Waals surface area (Å²) in [5.41, 5.74) is 1.50. The van der Waals surface area contributed by atoms with Gasteiger partial charge >= 0.3 is 0 Å². The van der Waals surface area contributed by atoms with Gasteiger partial charge in [0.2, 0.25) is 5.91 Å². The smallest absolute Gasteiger partial charge is 0.224 e. The maximum atomic E-state index is 13.8. The number of para-hydroxylation sites is 1. The first-order valence-corrected chi connectivity index (χ1v) is 9.25. The Morgan fingerprint density at radius 1 is 1.36 bits per heavy atom. The Morgan fingerprint density at radius 3 is 2.88 bits per heavy atom. The van der Waals surface area contributed by atoms with Crippen molar-refractivity contribution in [3.8, 4) is 0 Å². The van der Waals surface area contributed by atoms with Crippen molar-refractivity contribution < 1.29 is 14.0 Å². The van der Waals surface area contributed by atoms with Crippen LogP contribution in [0.4, 0.5) is 10.1 Å². The lowest BCUT2D eigenvalue weighted by Gasteiger charge is -2.19. The van der Waals surface area contributed by atoms with Crippen molar-refractivity contribution in [3.05, 3.63) is 52.0 Å². The number of Topliss-reactive ketones (excluding diaryl/α,β-unsaturated/α-hetero) is 1. The van der Waals surface area contributed by atoms with E-state index in [0.29, 0.717) is 23.0 Å². The Morgan fingerprint density at radius 2 is 2.16 bits per heavy atom. The number of halogens is 1. The van der Waals surface area contributed by atoms with Gasteiger partial charge in [0.05, 0.1) is 17.0 Å². The van der Waals surface area contributed by atoms with Crippen molar-refractivity contribution in [2.45, 2.75) is 19.8 Å². The Kier molecular flexibility index (Phi) is 5.48. The van der Waals surface area contributed by atoms with Crippen LogP contribution in [0.15, 0.2) is 35.7 Å². The van der Waals surface area contributed by atoms with Gasteiger partial charge < -0.3 is 10.2 Å². The maximum absolute atomic E-state index is 13.8. The molecule has 1 amide bonds. The Balaban J connectivity index is 1.46. The first kappa shape index (κ1) is 17.6. The fourth-order valence-corrected chi connectivity index (χ4v) is 3.90. The summed E-state index contributed by atoms with van der Waals surface area (Å²) >= 11 is 1.37. The van der Waals surface area contributed by atoms with Gasteiger partial charge in [0.1, 0.15) is 5.82 Å². The number of benzene rings is 1. The van der Waals surface area contributed by atoms with Crippen molar-refractivity contribution in [2.75, 3.05) is 24.5 Å². The second kappa shape index (κ2) is 7.78. The number of rotatable bonds is 6. The fraction of sp³-hybridized carbons (Fsp3) is 0.368. The number of ketones is 1. The third-order valence-electron chi connectivity index (χ3n) is 4.43. The first-order valence-electron chi connectivity index (χ1n) is 8.37. The predicted molar refractivity (Wildman–Crippen MR) is 97.8 cm³/mol. The van der Waals surface area contributed by atoms with E-state index in [1.165, 1.54) is 24.3 Å². The minimum Gasteiger partial charge on any atom is -0.369 e. The van der Waals surface area contributed by atoms with E-state index in [9.17, 15) is 14.0 Å². The molecule has 0 spiro atoms. The van der Waals surface area contributed by atoms with Gasteiger partial charge in [0.25, 0.3) is 0 Å². The standard InChI is InChI=1S/C19H21FN2O2S/c1-13(23)18-8-15(12-25-18)9-19(24)21-10-14-6-7-22(11-14)17-5-3-2-4-16(17)20/h2-5,8,12,14H,6-7,9-11H2,1H3,(H,21,24). The van der Waals surface area contributed by atoms with Crippen molar-refractivity contribution in [1.82, 2.24) is 5.32 Å². The molecular formula is C19H21FN2O2S. The lowest BCUT2D eigenvalue weighted by atomic mass is 10.1. The van der Waals surface area contributed by atoms with Crippen LogP contribution in [-0.4, -0.2) is 31.3 Å². The number of thiophene rings is 1.